The van der Waals surface area contributed by atoms with Crippen LogP contribution in [0.2, 0.25) is 0 Å². The van der Waals surface area contributed by atoms with Crippen molar-refractivity contribution in [1.29, 1.82) is 0 Å². The zero-order chi connectivity index (χ0) is 18.4. The summed E-state index contributed by atoms with van der Waals surface area (Å²) in [6.07, 6.45) is -3.28. The summed E-state index contributed by atoms with van der Waals surface area (Å²) in [7, 11) is 0. The van der Waals surface area contributed by atoms with E-state index in [-0.39, 0.29) is 23.2 Å². The average Bonchev–Trinajstić information content (AvgIpc) is 3.03. The minimum atomic E-state index is -4.54. The molecule has 1 aromatic carbocycles. The number of nitrogens with zero attached hydrogens (tertiary/aromatic N) is 3. The lowest BCUT2D eigenvalue weighted by atomic mass is 10.1. The van der Waals surface area contributed by atoms with E-state index in [1.54, 1.807) is 0 Å². The molecule has 0 bridgehead atoms. The van der Waals surface area contributed by atoms with Gasteiger partial charge in [-0.25, -0.2) is 0 Å². The smallest absolute Gasteiger partial charge is 0.411 e. The van der Waals surface area contributed by atoms with E-state index in [0.29, 0.717) is 12.8 Å². The number of rotatable bonds is 7. The fourth-order valence-corrected chi connectivity index (χ4v) is 3.34. The van der Waals surface area contributed by atoms with Gasteiger partial charge in [-0.3, -0.25) is 4.68 Å². The van der Waals surface area contributed by atoms with Crippen molar-refractivity contribution in [2.75, 3.05) is 5.75 Å². The van der Waals surface area contributed by atoms with Gasteiger partial charge in [-0.2, -0.15) is 18.3 Å². The molecular weight excluding hydrogens is 351 g/mol. The van der Waals surface area contributed by atoms with Crippen molar-refractivity contribution >= 4 is 17.5 Å². The normalized spacial score (nSPS) is 12.8. The summed E-state index contributed by atoms with van der Waals surface area (Å²) in [5.41, 5.74) is -0.601. The van der Waals surface area contributed by atoms with E-state index >= 15 is 0 Å². The largest absolute Gasteiger partial charge is 0.435 e. The Morgan fingerprint density at radius 1 is 1.24 bits per heavy atom. The highest BCUT2D eigenvalue weighted by molar-refractivity contribution is 8.00. The SMILES string of the molecule is CCC(CC)n1nc(C(F)(F)F)cc1/C(CSc1ccccc1)=N\O. The molecule has 0 atom stereocenters. The zero-order valence-corrected chi connectivity index (χ0v) is 14.8. The predicted octanol–water partition coefficient (Wildman–Crippen LogP) is 5.23. The molecular formula is C17H20F3N3OS. The first-order chi connectivity index (χ1) is 11.9. The van der Waals surface area contributed by atoms with Crippen molar-refractivity contribution in [3.63, 3.8) is 0 Å². The average molecular weight is 371 g/mol. The van der Waals surface area contributed by atoms with Gasteiger partial charge in [0, 0.05) is 10.6 Å². The lowest BCUT2D eigenvalue weighted by Gasteiger charge is -2.17. The predicted molar refractivity (Wildman–Crippen MR) is 92.3 cm³/mol. The second-order valence-electron chi connectivity index (χ2n) is 5.48. The molecule has 2 rings (SSSR count). The second kappa shape index (κ2) is 8.42. The first-order valence-corrected chi connectivity index (χ1v) is 8.95. The Labute approximate surface area is 148 Å². The third-order valence-corrected chi connectivity index (χ3v) is 4.87. The summed E-state index contributed by atoms with van der Waals surface area (Å²) in [6, 6.07) is 10.2. The van der Waals surface area contributed by atoms with Crippen molar-refractivity contribution in [2.24, 2.45) is 5.16 Å². The summed E-state index contributed by atoms with van der Waals surface area (Å²) in [6.45, 7) is 3.78. The molecule has 1 aromatic heterocycles. The molecule has 1 heterocycles. The van der Waals surface area contributed by atoms with E-state index in [0.717, 1.165) is 11.0 Å². The van der Waals surface area contributed by atoms with Gasteiger partial charge in [0.05, 0.1) is 11.7 Å². The first kappa shape index (κ1) is 19.4. The van der Waals surface area contributed by atoms with Crippen LogP contribution in [0.25, 0.3) is 0 Å². The number of aromatic nitrogens is 2. The van der Waals surface area contributed by atoms with Crippen LogP contribution in [-0.4, -0.2) is 26.5 Å². The van der Waals surface area contributed by atoms with Gasteiger partial charge >= 0.3 is 6.18 Å². The number of benzene rings is 1. The van der Waals surface area contributed by atoms with Crippen LogP contribution in [0.3, 0.4) is 0 Å². The van der Waals surface area contributed by atoms with Gasteiger partial charge in [0.1, 0.15) is 5.71 Å². The van der Waals surface area contributed by atoms with Crippen LogP contribution < -0.4 is 0 Å². The molecule has 4 nitrogen and oxygen atoms in total. The van der Waals surface area contributed by atoms with Crippen molar-refractivity contribution in [3.8, 4) is 0 Å². The highest BCUT2D eigenvalue weighted by Crippen LogP contribution is 2.31. The maximum Gasteiger partial charge on any atom is 0.435 e. The van der Waals surface area contributed by atoms with Crippen molar-refractivity contribution in [1.82, 2.24) is 9.78 Å². The standard InChI is InChI=1S/C17H20F3N3OS/c1-3-12(4-2)23-15(10-16(21-23)17(18,19)20)14(22-24)11-25-13-8-6-5-7-9-13/h5-10,12,24H,3-4,11H2,1-2H3/b22-14-. The molecule has 0 spiro atoms. The molecule has 136 valence electrons. The molecule has 1 N–H and O–H groups in total. The Kier molecular flexibility index (Phi) is 6.52. The molecule has 0 amide bonds. The zero-order valence-electron chi connectivity index (χ0n) is 14.0. The highest BCUT2D eigenvalue weighted by Gasteiger charge is 2.36. The monoisotopic (exact) mass is 371 g/mol. The lowest BCUT2D eigenvalue weighted by Crippen LogP contribution is -2.18. The summed E-state index contributed by atoms with van der Waals surface area (Å²) in [5.74, 6) is 0.240. The molecule has 8 heteroatoms. The summed E-state index contributed by atoms with van der Waals surface area (Å²) >= 11 is 1.39. The third kappa shape index (κ3) is 4.78. The second-order valence-corrected chi connectivity index (χ2v) is 6.52. The fraction of sp³-hybridized carbons (Fsp3) is 0.412. The molecule has 0 unspecified atom stereocenters. The summed E-state index contributed by atoms with van der Waals surface area (Å²) in [4.78, 5) is 0.938. The number of hydrogen-bond acceptors (Lipinski definition) is 4. The maximum atomic E-state index is 13.1. The van der Waals surface area contributed by atoms with Crippen LogP contribution in [-0.2, 0) is 6.18 Å². The molecule has 25 heavy (non-hydrogen) atoms. The van der Waals surface area contributed by atoms with E-state index in [4.69, 9.17) is 0 Å². The first-order valence-electron chi connectivity index (χ1n) is 7.96. The van der Waals surface area contributed by atoms with E-state index in [2.05, 4.69) is 10.3 Å². The van der Waals surface area contributed by atoms with E-state index in [9.17, 15) is 18.4 Å². The van der Waals surface area contributed by atoms with E-state index in [1.165, 1.54) is 16.4 Å². The molecule has 0 aliphatic rings. The highest BCUT2D eigenvalue weighted by atomic mass is 32.2. The van der Waals surface area contributed by atoms with Crippen LogP contribution >= 0.6 is 11.8 Å². The number of oxime groups is 1. The molecule has 0 aliphatic heterocycles. The van der Waals surface area contributed by atoms with Crippen LogP contribution in [0, 0.1) is 0 Å². The Morgan fingerprint density at radius 2 is 1.88 bits per heavy atom. The molecule has 0 fully saturated rings. The number of halogens is 3. The fourth-order valence-electron chi connectivity index (χ4n) is 2.48. The number of alkyl halides is 3. The van der Waals surface area contributed by atoms with Crippen LogP contribution in [0.15, 0.2) is 46.4 Å². The molecule has 0 aliphatic carbocycles. The minimum absolute atomic E-state index is 0.170. The van der Waals surface area contributed by atoms with E-state index in [1.807, 2.05) is 44.2 Å². The quantitative estimate of drug-likeness (QED) is 0.314. The lowest BCUT2D eigenvalue weighted by molar-refractivity contribution is -0.141. The van der Waals surface area contributed by atoms with Gasteiger partial charge < -0.3 is 5.21 Å². The molecule has 0 radical (unpaired) electrons. The number of hydrogen-bond donors (Lipinski definition) is 1. The van der Waals surface area contributed by atoms with Gasteiger partial charge in [-0.1, -0.05) is 37.2 Å². The summed E-state index contributed by atoms with van der Waals surface area (Å²) < 4.78 is 40.6. The van der Waals surface area contributed by atoms with Crippen molar-refractivity contribution < 1.29 is 18.4 Å². The number of thioether (sulfide) groups is 1. The Bertz CT molecular complexity index is 710. The molecule has 0 saturated heterocycles. The van der Waals surface area contributed by atoms with Crippen LogP contribution in [0.5, 0.6) is 0 Å². The van der Waals surface area contributed by atoms with E-state index < -0.39 is 11.9 Å². The Hall–Kier alpha value is -1.96. The topological polar surface area (TPSA) is 50.4 Å². The van der Waals surface area contributed by atoms with Gasteiger partial charge in [0.25, 0.3) is 0 Å². The van der Waals surface area contributed by atoms with Gasteiger partial charge in [0.15, 0.2) is 5.69 Å². The maximum absolute atomic E-state index is 13.1. The Morgan fingerprint density at radius 3 is 2.40 bits per heavy atom. The van der Waals surface area contributed by atoms with Gasteiger partial charge in [-0.15, -0.1) is 11.8 Å². The third-order valence-electron chi connectivity index (χ3n) is 3.85. The van der Waals surface area contributed by atoms with Crippen molar-refractivity contribution in [3.05, 3.63) is 47.8 Å². The van der Waals surface area contributed by atoms with Crippen molar-refractivity contribution in [2.45, 2.75) is 43.8 Å². The van der Waals surface area contributed by atoms with Gasteiger partial charge in [0.2, 0.25) is 0 Å². The minimum Gasteiger partial charge on any atom is -0.411 e. The molecule has 0 saturated carbocycles. The summed E-state index contributed by atoms with van der Waals surface area (Å²) in [5, 5.41) is 16.4. The van der Waals surface area contributed by atoms with Gasteiger partial charge in [-0.05, 0) is 31.0 Å². The Balaban J connectivity index is 2.34. The van der Waals surface area contributed by atoms with Crippen LogP contribution in [0.1, 0.15) is 44.1 Å². The van der Waals surface area contributed by atoms with Crippen LogP contribution in [0.4, 0.5) is 13.2 Å². The molecule has 2 aromatic rings.